The standard InChI is InChI=1S/C16H26N2O2/c1-3-5-14-6-8-15(9-7-14)16(20)12-17-10-4-11-18-13(2)19/h6-9,16-17,20H,3-5,10-12H2,1-2H3,(H,18,19). The number of carbonyl (C=O) groups excluding carboxylic acids is 1. The first-order chi connectivity index (χ1) is 9.63. The summed E-state index contributed by atoms with van der Waals surface area (Å²) >= 11 is 0. The monoisotopic (exact) mass is 278 g/mol. The minimum Gasteiger partial charge on any atom is -0.387 e. The zero-order valence-electron chi connectivity index (χ0n) is 12.5. The van der Waals surface area contributed by atoms with Crippen LogP contribution in [-0.4, -0.2) is 30.6 Å². The van der Waals surface area contributed by atoms with Gasteiger partial charge in [0.25, 0.3) is 0 Å². The van der Waals surface area contributed by atoms with E-state index in [2.05, 4.69) is 29.7 Å². The summed E-state index contributed by atoms with van der Waals surface area (Å²) < 4.78 is 0. The molecule has 1 unspecified atom stereocenters. The largest absolute Gasteiger partial charge is 0.387 e. The summed E-state index contributed by atoms with van der Waals surface area (Å²) in [6.07, 6.45) is 2.60. The van der Waals surface area contributed by atoms with Crippen molar-refractivity contribution in [1.82, 2.24) is 10.6 Å². The fraction of sp³-hybridized carbons (Fsp3) is 0.562. The molecule has 0 saturated carbocycles. The van der Waals surface area contributed by atoms with E-state index in [0.29, 0.717) is 13.1 Å². The van der Waals surface area contributed by atoms with Crippen molar-refractivity contribution in [2.75, 3.05) is 19.6 Å². The van der Waals surface area contributed by atoms with Crippen molar-refractivity contribution in [2.45, 2.75) is 39.2 Å². The van der Waals surface area contributed by atoms with E-state index in [1.165, 1.54) is 12.5 Å². The lowest BCUT2D eigenvalue weighted by molar-refractivity contribution is -0.118. The molecule has 1 amide bonds. The second-order valence-corrected chi connectivity index (χ2v) is 5.05. The Morgan fingerprint density at radius 2 is 1.95 bits per heavy atom. The molecule has 1 aromatic rings. The third-order valence-corrected chi connectivity index (χ3v) is 3.15. The van der Waals surface area contributed by atoms with Crippen molar-refractivity contribution in [3.05, 3.63) is 35.4 Å². The smallest absolute Gasteiger partial charge is 0.216 e. The quantitative estimate of drug-likeness (QED) is 0.604. The Labute approximate surface area is 121 Å². The number of benzene rings is 1. The van der Waals surface area contributed by atoms with Crippen molar-refractivity contribution < 1.29 is 9.90 Å². The molecule has 20 heavy (non-hydrogen) atoms. The van der Waals surface area contributed by atoms with E-state index in [-0.39, 0.29) is 5.91 Å². The fourth-order valence-corrected chi connectivity index (χ4v) is 2.03. The minimum absolute atomic E-state index is 0.00259. The Hall–Kier alpha value is -1.39. The lowest BCUT2D eigenvalue weighted by atomic mass is 10.0. The molecule has 4 nitrogen and oxygen atoms in total. The van der Waals surface area contributed by atoms with Crippen molar-refractivity contribution in [1.29, 1.82) is 0 Å². The van der Waals surface area contributed by atoms with Gasteiger partial charge in [0.05, 0.1) is 6.10 Å². The zero-order chi connectivity index (χ0) is 14.8. The summed E-state index contributed by atoms with van der Waals surface area (Å²) in [4.78, 5) is 10.7. The van der Waals surface area contributed by atoms with Gasteiger partial charge in [-0.05, 0) is 30.5 Å². The summed E-state index contributed by atoms with van der Waals surface area (Å²) in [6, 6.07) is 8.15. The Kier molecular flexibility index (Phi) is 7.92. The topological polar surface area (TPSA) is 61.4 Å². The summed E-state index contributed by atoms with van der Waals surface area (Å²) in [6.45, 7) is 5.66. The maximum absolute atomic E-state index is 10.7. The Balaban J connectivity index is 2.21. The molecule has 0 spiro atoms. The SMILES string of the molecule is CCCc1ccc(C(O)CNCCCNC(C)=O)cc1. The van der Waals surface area contributed by atoms with E-state index in [0.717, 1.165) is 31.4 Å². The highest BCUT2D eigenvalue weighted by atomic mass is 16.3. The van der Waals surface area contributed by atoms with E-state index in [4.69, 9.17) is 0 Å². The van der Waals surface area contributed by atoms with Crippen molar-refractivity contribution in [3.63, 3.8) is 0 Å². The third-order valence-electron chi connectivity index (χ3n) is 3.15. The van der Waals surface area contributed by atoms with Gasteiger partial charge in [0, 0.05) is 20.0 Å². The normalized spacial score (nSPS) is 12.2. The number of amides is 1. The van der Waals surface area contributed by atoms with Gasteiger partial charge in [-0.1, -0.05) is 37.6 Å². The van der Waals surface area contributed by atoms with Gasteiger partial charge in [0.2, 0.25) is 5.91 Å². The molecular formula is C16H26N2O2. The molecule has 0 aliphatic carbocycles. The molecule has 0 radical (unpaired) electrons. The van der Waals surface area contributed by atoms with Crippen LogP contribution in [0.5, 0.6) is 0 Å². The van der Waals surface area contributed by atoms with Gasteiger partial charge in [0.15, 0.2) is 0 Å². The molecule has 3 N–H and O–H groups in total. The number of hydrogen-bond acceptors (Lipinski definition) is 3. The van der Waals surface area contributed by atoms with Gasteiger partial charge >= 0.3 is 0 Å². The highest BCUT2D eigenvalue weighted by Crippen LogP contribution is 2.13. The highest BCUT2D eigenvalue weighted by molar-refractivity contribution is 5.72. The van der Waals surface area contributed by atoms with Gasteiger partial charge in [-0.15, -0.1) is 0 Å². The molecule has 0 bridgehead atoms. The molecule has 0 aliphatic rings. The zero-order valence-corrected chi connectivity index (χ0v) is 12.5. The number of carbonyl (C=O) groups is 1. The predicted molar refractivity (Wildman–Crippen MR) is 81.6 cm³/mol. The summed E-state index contributed by atoms with van der Waals surface area (Å²) in [5.74, 6) is -0.00259. The number of aliphatic hydroxyl groups excluding tert-OH is 1. The molecule has 112 valence electrons. The number of hydrogen-bond donors (Lipinski definition) is 3. The molecule has 1 atom stereocenters. The first kappa shape index (κ1) is 16.7. The second-order valence-electron chi connectivity index (χ2n) is 5.05. The Bertz CT molecular complexity index is 390. The molecule has 0 heterocycles. The molecule has 0 aliphatic heterocycles. The van der Waals surface area contributed by atoms with Crippen LogP contribution in [0.3, 0.4) is 0 Å². The van der Waals surface area contributed by atoms with Crippen molar-refractivity contribution in [3.8, 4) is 0 Å². The lowest BCUT2D eigenvalue weighted by Gasteiger charge is -2.13. The number of rotatable bonds is 9. The second kappa shape index (κ2) is 9.50. The van der Waals surface area contributed by atoms with E-state index in [1.54, 1.807) is 0 Å². The van der Waals surface area contributed by atoms with Crippen LogP contribution < -0.4 is 10.6 Å². The predicted octanol–water partition coefficient (Wildman–Crippen LogP) is 1.79. The first-order valence-corrected chi connectivity index (χ1v) is 7.35. The van der Waals surface area contributed by atoms with Gasteiger partial charge < -0.3 is 15.7 Å². The molecule has 0 fully saturated rings. The third kappa shape index (κ3) is 6.68. The first-order valence-electron chi connectivity index (χ1n) is 7.35. The lowest BCUT2D eigenvalue weighted by Crippen LogP contribution is -2.27. The van der Waals surface area contributed by atoms with E-state index in [1.807, 2.05) is 12.1 Å². The van der Waals surface area contributed by atoms with Crippen LogP contribution in [0.25, 0.3) is 0 Å². The van der Waals surface area contributed by atoms with Crippen molar-refractivity contribution in [2.24, 2.45) is 0 Å². The summed E-state index contributed by atoms with van der Waals surface area (Å²) in [5.41, 5.74) is 2.26. The van der Waals surface area contributed by atoms with Crippen LogP contribution in [-0.2, 0) is 11.2 Å². The average Bonchev–Trinajstić information content (AvgIpc) is 2.43. The van der Waals surface area contributed by atoms with Crippen LogP contribution in [0.15, 0.2) is 24.3 Å². The van der Waals surface area contributed by atoms with Gasteiger partial charge in [-0.3, -0.25) is 4.79 Å². The highest BCUT2D eigenvalue weighted by Gasteiger charge is 2.06. The van der Waals surface area contributed by atoms with Gasteiger partial charge in [-0.25, -0.2) is 0 Å². The van der Waals surface area contributed by atoms with Crippen LogP contribution in [0.2, 0.25) is 0 Å². The molecular weight excluding hydrogens is 252 g/mol. The van der Waals surface area contributed by atoms with E-state index >= 15 is 0 Å². The molecule has 1 aromatic carbocycles. The van der Waals surface area contributed by atoms with E-state index < -0.39 is 6.10 Å². The van der Waals surface area contributed by atoms with E-state index in [9.17, 15) is 9.90 Å². The summed E-state index contributed by atoms with van der Waals surface area (Å²) in [7, 11) is 0. The van der Waals surface area contributed by atoms with Crippen molar-refractivity contribution >= 4 is 5.91 Å². The Morgan fingerprint density at radius 1 is 1.25 bits per heavy atom. The molecule has 1 rings (SSSR count). The molecule has 0 saturated heterocycles. The van der Waals surface area contributed by atoms with Gasteiger partial charge in [0.1, 0.15) is 0 Å². The summed E-state index contributed by atoms with van der Waals surface area (Å²) in [5, 5.41) is 16.0. The van der Waals surface area contributed by atoms with Crippen LogP contribution in [0.1, 0.15) is 43.9 Å². The fourth-order valence-electron chi connectivity index (χ4n) is 2.03. The molecule has 0 aromatic heterocycles. The maximum Gasteiger partial charge on any atom is 0.216 e. The average molecular weight is 278 g/mol. The Morgan fingerprint density at radius 3 is 2.55 bits per heavy atom. The van der Waals surface area contributed by atoms with Crippen LogP contribution in [0.4, 0.5) is 0 Å². The number of aryl methyl sites for hydroxylation is 1. The van der Waals surface area contributed by atoms with Crippen LogP contribution >= 0.6 is 0 Å². The number of nitrogens with one attached hydrogen (secondary N) is 2. The minimum atomic E-state index is -0.480. The van der Waals surface area contributed by atoms with Crippen LogP contribution in [0, 0.1) is 0 Å². The maximum atomic E-state index is 10.7. The molecule has 4 heteroatoms. The number of aliphatic hydroxyl groups is 1. The van der Waals surface area contributed by atoms with Gasteiger partial charge in [-0.2, -0.15) is 0 Å².